The van der Waals surface area contributed by atoms with Crippen molar-refractivity contribution in [1.29, 1.82) is 0 Å². The number of carbonyl (C=O) groups excluding carboxylic acids is 2. The summed E-state index contributed by atoms with van der Waals surface area (Å²) in [6, 6.07) is 7.20. The highest BCUT2D eigenvalue weighted by Crippen LogP contribution is 2.32. The standard InChI is InChI=1S/C23H20F3N5O2/c1-14(30-21(32)16-6-9-27-10-7-16)22(33)31-11-8-18-19(12-31)28-13-29-20(18)15-2-4-17(5-3-15)23(24,25)26/h2-7,9-10,13-14H,8,11-12H2,1H3,(H,30,32)/t14-/m1/s1. The molecule has 7 nitrogen and oxygen atoms in total. The van der Waals surface area contributed by atoms with E-state index in [4.69, 9.17) is 0 Å². The molecule has 2 aromatic heterocycles. The molecule has 2 amide bonds. The number of hydrogen-bond donors (Lipinski definition) is 1. The van der Waals surface area contributed by atoms with Gasteiger partial charge in [0.25, 0.3) is 5.91 Å². The molecule has 33 heavy (non-hydrogen) atoms. The highest BCUT2D eigenvalue weighted by Gasteiger charge is 2.31. The van der Waals surface area contributed by atoms with Gasteiger partial charge in [0.2, 0.25) is 5.91 Å². The van der Waals surface area contributed by atoms with E-state index in [1.54, 1.807) is 24.0 Å². The predicted octanol–water partition coefficient (Wildman–Crippen LogP) is 3.26. The van der Waals surface area contributed by atoms with Gasteiger partial charge >= 0.3 is 6.18 Å². The number of fused-ring (bicyclic) bond motifs is 1. The number of aromatic nitrogens is 3. The highest BCUT2D eigenvalue weighted by molar-refractivity contribution is 5.97. The minimum absolute atomic E-state index is 0.222. The van der Waals surface area contributed by atoms with Crippen LogP contribution in [0.25, 0.3) is 11.3 Å². The van der Waals surface area contributed by atoms with Crippen LogP contribution < -0.4 is 5.32 Å². The zero-order valence-electron chi connectivity index (χ0n) is 17.6. The number of alkyl halides is 3. The number of rotatable bonds is 4. The van der Waals surface area contributed by atoms with Gasteiger partial charge < -0.3 is 10.2 Å². The monoisotopic (exact) mass is 455 g/mol. The number of hydrogen-bond acceptors (Lipinski definition) is 5. The van der Waals surface area contributed by atoms with E-state index in [1.807, 2.05) is 0 Å². The van der Waals surface area contributed by atoms with Crippen LogP contribution in [-0.4, -0.2) is 44.3 Å². The fourth-order valence-corrected chi connectivity index (χ4v) is 3.73. The normalized spacial score (nSPS) is 14.4. The van der Waals surface area contributed by atoms with Gasteiger partial charge in [-0.05, 0) is 37.6 Å². The number of nitrogens with zero attached hydrogens (tertiary/aromatic N) is 4. The summed E-state index contributed by atoms with van der Waals surface area (Å²) in [7, 11) is 0. The van der Waals surface area contributed by atoms with Crippen molar-refractivity contribution in [3.05, 3.63) is 77.5 Å². The van der Waals surface area contributed by atoms with Gasteiger partial charge in [0, 0.05) is 35.6 Å². The van der Waals surface area contributed by atoms with Crippen molar-refractivity contribution >= 4 is 11.8 Å². The second-order valence-corrected chi connectivity index (χ2v) is 7.66. The van der Waals surface area contributed by atoms with Gasteiger partial charge in [-0.15, -0.1) is 0 Å². The van der Waals surface area contributed by atoms with Crippen LogP contribution in [-0.2, 0) is 23.9 Å². The number of carbonyl (C=O) groups is 2. The maximum Gasteiger partial charge on any atom is 0.416 e. The fraction of sp³-hybridized carbons (Fsp3) is 0.261. The number of benzene rings is 1. The largest absolute Gasteiger partial charge is 0.416 e. The lowest BCUT2D eigenvalue weighted by atomic mass is 9.97. The lowest BCUT2D eigenvalue weighted by Gasteiger charge is -2.31. The Balaban J connectivity index is 1.48. The summed E-state index contributed by atoms with van der Waals surface area (Å²) in [5, 5.41) is 2.69. The maximum absolute atomic E-state index is 12.9. The molecule has 3 heterocycles. The Hall–Kier alpha value is -3.82. The van der Waals surface area contributed by atoms with E-state index in [1.165, 1.54) is 30.9 Å². The molecule has 0 spiro atoms. The molecule has 0 bridgehead atoms. The molecule has 1 N–H and O–H groups in total. The summed E-state index contributed by atoms with van der Waals surface area (Å²) in [6.45, 7) is 2.21. The first kappa shape index (κ1) is 22.4. The summed E-state index contributed by atoms with van der Waals surface area (Å²) in [6.07, 6.45) is 0.375. The van der Waals surface area contributed by atoms with E-state index in [2.05, 4.69) is 20.3 Å². The van der Waals surface area contributed by atoms with Gasteiger partial charge in [0.05, 0.1) is 23.5 Å². The van der Waals surface area contributed by atoms with Gasteiger partial charge in [-0.25, -0.2) is 9.97 Å². The molecule has 1 aliphatic heterocycles. The van der Waals surface area contributed by atoms with Gasteiger partial charge in [0.15, 0.2) is 0 Å². The molecule has 0 saturated heterocycles. The van der Waals surface area contributed by atoms with Crippen LogP contribution in [0, 0.1) is 0 Å². The first-order valence-corrected chi connectivity index (χ1v) is 10.2. The van der Waals surface area contributed by atoms with Crippen molar-refractivity contribution in [3.8, 4) is 11.3 Å². The second-order valence-electron chi connectivity index (χ2n) is 7.66. The predicted molar refractivity (Wildman–Crippen MR) is 113 cm³/mol. The number of nitrogens with one attached hydrogen (secondary N) is 1. The van der Waals surface area contributed by atoms with Crippen LogP contribution in [0.2, 0.25) is 0 Å². The lowest BCUT2D eigenvalue weighted by molar-refractivity contribution is -0.137. The molecule has 1 aliphatic rings. The summed E-state index contributed by atoms with van der Waals surface area (Å²) in [5.74, 6) is -0.625. The van der Waals surface area contributed by atoms with Crippen molar-refractivity contribution in [1.82, 2.24) is 25.2 Å². The molecule has 1 atom stereocenters. The molecule has 170 valence electrons. The van der Waals surface area contributed by atoms with Crippen molar-refractivity contribution in [2.45, 2.75) is 32.1 Å². The molecular weight excluding hydrogens is 435 g/mol. The highest BCUT2D eigenvalue weighted by atomic mass is 19.4. The molecule has 3 aromatic rings. The molecule has 10 heteroatoms. The summed E-state index contributed by atoms with van der Waals surface area (Å²) in [4.78, 5) is 39.3. The van der Waals surface area contributed by atoms with Crippen LogP contribution >= 0.6 is 0 Å². The van der Waals surface area contributed by atoms with E-state index in [0.29, 0.717) is 35.5 Å². The van der Waals surface area contributed by atoms with E-state index in [9.17, 15) is 22.8 Å². The third-order valence-electron chi connectivity index (χ3n) is 5.46. The summed E-state index contributed by atoms with van der Waals surface area (Å²) >= 11 is 0. The molecule has 0 saturated carbocycles. The van der Waals surface area contributed by atoms with Crippen molar-refractivity contribution in [2.75, 3.05) is 6.54 Å². The van der Waals surface area contributed by atoms with Crippen molar-refractivity contribution < 1.29 is 22.8 Å². The quantitative estimate of drug-likeness (QED) is 0.653. The average molecular weight is 455 g/mol. The van der Waals surface area contributed by atoms with E-state index >= 15 is 0 Å². The Labute approximate surface area is 187 Å². The molecule has 1 aromatic carbocycles. The second kappa shape index (κ2) is 8.97. The fourth-order valence-electron chi connectivity index (χ4n) is 3.73. The van der Waals surface area contributed by atoms with Crippen LogP contribution in [0.15, 0.2) is 55.1 Å². The third-order valence-corrected chi connectivity index (χ3v) is 5.46. The van der Waals surface area contributed by atoms with Gasteiger partial charge in [0.1, 0.15) is 12.4 Å². The zero-order valence-corrected chi connectivity index (χ0v) is 17.6. The minimum Gasteiger partial charge on any atom is -0.341 e. The van der Waals surface area contributed by atoms with Crippen molar-refractivity contribution in [2.24, 2.45) is 0 Å². The Morgan fingerprint density at radius 1 is 1.06 bits per heavy atom. The van der Waals surface area contributed by atoms with E-state index < -0.39 is 17.8 Å². The molecule has 0 unspecified atom stereocenters. The van der Waals surface area contributed by atoms with Crippen molar-refractivity contribution in [3.63, 3.8) is 0 Å². The van der Waals surface area contributed by atoms with Gasteiger partial charge in [-0.3, -0.25) is 14.6 Å². The minimum atomic E-state index is -4.41. The smallest absolute Gasteiger partial charge is 0.341 e. The van der Waals surface area contributed by atoms with Crippen LogP contribution in [0.1, 0.15) is 34.1 Å². The topological polar surface area (TPSA) is 88.1 Å². The van der Waals surface area contributed by atoms with Crippen LogP contribution in [0.3, 0.4) is 0 Å². The third kappa shape index (κ3) is 4.84. The zero-order chi connectivity index (χ0) is 23.6. The molecule has 0 aliphatic carbocycles. The van der Waals surface area contributed by atoms with Gasteiger partial charge in [-0.2, -0.15) is 13.2 Å². The molecule has 0 fully saturated rings. The maximum atomic E-state index is 12.9. The van der Waals surface area contributed by atoms with Crippen LogP contribution in [0.5, 0.6) is 0 Å². The van der Waals surface area contributed by atoms with Gasteiger partial charge in [-0.1, -0.05) is 12.1 Å². The summed E-state index contributed by atoms with van der Waals surface area (Å²) < 4.78 is 38.6. The Morgan fingerprint density at radius 3 is 2.42 bits per heavy atom. The SMILES string of the molecule is C[C@@H](NC(=O)c1ccncc1)C(=O)N1CCc2c(ncnc2-c2ccc(C(F)(F)F)cc2)C1. The van der Waals surface area contributed by atoms with Crippen LogP contribution in [0.4, 0.5) is 13.2 Å². The first-order valence-electron chi connectivity index (χ1n) is 10.2. The van der Waals surface area contributed by atoms with E-state index in [-0.39, 0.29) is 18.4 Å². The average Bonchev–Trinajstić information content (AvgIpc) is 2.82. The molecule has 4 rings (SSSR count). The summed E-state index contributed by atoms with van der Waals surface area (Å²) in [5.41, 5.74) is 2.22. The Kier molecular flexibility index (Phi) is 6.08. The number of halogens is 3. The first-order chi connectivity index (χ1) is 15.7. The Morgan fingerprint density at radius 2 is 1.76 bits per heavy atom. The van der Waals surface area contributed by atoms with E-state index in [0.717, 1.165) is 17.7 Å². The lowest BCUT2D eigenvalue weighted by Crippen LogP contribution is -2.48. The number of amides is 2. The molecule has 0 radical (unpaired) electrons. The Bertz CT molecular complexity index is 1170. The molecular formula is C23H20F3N5O2. The number of pyridine rings is 1.